The Morgan fingerprint density at radius 1 is 1.12 bits per heavy atom. The van der Waals surface area contributed by atoms with E-state index in [0.717, 1.165) is 41.5 Å². The largest absolute Gasteiger partial charge is 0.371 e. The summed E-state index contributed by atoms with van der Waals surface area (Å²) >= 11 is 6.61. The molecule has 0 radical (unpaired) electrons. The smallest absolute Gasteiger partial charge is 0.227 e. The maximum Gasteiger partial charge on any atom is 0.227 e. The molecule has 5 heteroatoms. The van der Waals surface area contributed by atoms with Gasteiger partial charge in [0.15, 0.2) is 0 Å². The Morgan fingerprint density at radius 2 is 1.94 bits per heavy atom. The maximum atomic E-state index is 6.61. The van der Waals surface area contributed by atoms with Crippen molar-refractivity contribution in [3.05, 3.63) is 81.6 Å². The minimum absolute atomic E-state index is 0.553. The molecule has 0 amide bonds. The zero-order valence-corrected chi connectivity index (χ0v) is 21.3. The van der Waals surface area contributed by atoms with Crippen LogP contribution in [0, 0.1) is 19.8 Å². The minimum Gasteiger partial charge on any atom is -0.371 e. The standard InChI is InChI=1S/C29H33ClN4/c1-5-25(26-9-6-18(2)12-20(26)4)28-27(30)16-31-29(33-28)32-23-13-22(21-7-8-21)14-24(15-23)34-11-10-19(3)17-34/h5-6,9,12-16,19,21H,7-8,10-11,17H2,1-4H3,(H,31,32,33)/b25-5+. The Balaban J connectivity index is 1.47. The van der Waals surface area contributed by atoms with Gasteiger partial charge in [-0.2, -0.15) is 0 Å². The van der Waals surface area contributed by atoms with Crippen molar-refractivity contribution < 1.29 is 0 Å². The van der Waals surface area contributed by atoms with Crippen LogP contribution in [0.4, 0.5) is 17.3 Å². The van der Waals surface area contributed by atoms with E-state index in [0.29, 0.717) is 16.9 Å². The molecule has 1 N–H and O–H groups in total. The fourth-order valence-corrected chi connectivity index (χ4v) is 5.19. The predicted octanol–water partition coefficient (Wildman–Crippen LogP) is 7.67. The number of halogens is 1. The van der Waals surface area contributed by atoms with Gasteiger partial charge in [0.25, 0.3) is 0 Å². The number of anilines is 3. The first-order valence-corrected chi connectivity index (χ1v) is 12.7. The molecule has 176 valence electrons. The van der Waals surface area contributed by atoms with Crippen LogP contribution in [0.25, 0.3) is 5.57 Å². The molecule has 1 saturated heterocycles. The molecule has 1 aromatic heterocycles. The van der Waals surface area contributed by atoms with E-state index in [1.165, 1.54) is 41.6 Å². The average Bonchev–Trinajstić information content (AvgIpc) is 3.58. The first-order chi connectivity index (χ1) is 16.4. The van der Waals surface area contributed by atoms with E-state index in [-0.39, 0.29) is 0 Å². The molecule has 2 fully saturated rings. The third kappa shape index (κ3) is 4.83. The van der Waals surface area contributed by atoms with Crippen molar-refractivity contribution in [2.45, 2.75) is 52.9 Å². The highest BCUT2D eigenvalue weighted by Gasteiger charge is 2.26. The molecule has 1 aliphatic heterocycles. The van der Waals surface area contributed by atoms with E-state index < -0.39 is 0 Å². The first kappa shape index (κ1) is 22.9. The monoisotopic (exact) mass is 472 g/mol. The summed E-state index contributed by atoms with van der Waals surface area (Å²) < 4.78 is 0. The zero-order chi connectivity index (χ0) is 23.8. The summed E-state index contributed by atoms with van der Waals surface area (Å²) in [5.41, 5.74) is 9.12. The minimum atomic E-state index is 0.553. The quantitative estimate of drug-likeness (QED) is 0.399. The van der Waals surface area contributed by atoms with Crippen molar-refractivity contribution in [3.8, 4) is 0 Å². The second-order valence-electron chi connectivity index (χ2n) is 9.96. The number of allylic oxidation sites excluding steroid dienone is 1. The third-order valence-electron chi connectivity index (χ3n) is 6.99. The van der Waals surface area contributed by atoms with E-state index in [1.54, 1.807) is 6.20 Å². The van der Waals surface area contributed by atoms with Gasteiger partial charge < -0.3 is 10.2 Å². The fraction of sp³-hybridized carbons (Fsp3) is 0.379. The molecule has 1 aliphatic carbocycles. The van der Waals surface area contributed by atoms with Crippen molar-refractivity contribution in [1.82, 2.24) is 9.97 Å². The number of nitrogens with one attached hydrogen (secondary N) is 1. The van der Waals surface area contributed by atoms with Crippen LogP contribution in [0.15, 0.2) is 48.7 Å². The van der Waals surface area contributed by atoms with Crippen LogP contribution in [0.3, 0.4) is 0 Å². The number of rotatable bonds is 6. The van der Waals surface area contributed by atoms with Crippen molar-refractivity contribution in [2.24, 2.45) is 5.92 Å². The lowest BCUT2D eigenvalue weighted by molar-refractivity contribution is 0.659. The van der Waals surface area contributed by atoms with E-state index in [2.05, 4.69) is 78.4 Å². The molecule has 0 bridgehead atoms. The number of hydrogen-bond donors (Lipinski definition) is 1. The highest BCUT2D eigenvalue weighted by molar-refractivity contribution is 6.32. The van der Waals surface area contributed by atoms with Crippen molar-refractivity contribution in [3.63, 3.8) is 0 Å². The third-order valence-corrected chi connectivity index (χ3v) is 7.27. The summed E-state index contributed by atoms with van der Waals surface area (Å²) in [6.45, 7) is 10.8. The maximum absolute atomic E-state index is 6.61. The summed E-state index contributed by atoms with van der Waals surface area (Å²) in [4.78, 5) is 11.9. The van der Waals surface area contributed by atoms with Gasteiger partial charge in [0, 0.05) is 30.0 Å². The SMILES string of the molecule is C/C=C(\c1ccc(C)cc1C)c1nc(Nc2cc(C3CC3)cc(N3CCC(C)C3)c2)ncc1Cl. The second-order valence-corrected chi connectivity index (χ2v) is 10.4. The van der Waals surface area contributed by atoms with Gasteiger partial charge in [0.1, 0.15) is 0 Å². The van der Waals surface area contributed by atoms with Crippen LogP contribution < -0.4 is 10.2 Å². The molecule has 2 aromatic carbocycles. The Labute approximate surface area is 208 Å². The Morgan fingerprint density at radius 3 is 2.62 bits per heavy atom. The molecule has 2 heterocycles. The van der Waals surface area contributed by atoms with Gasteiger partial charge in [0.2, 0.25) is 5.95 Å². The van der Waals surface area contributed by atoms with Gasteiger partial charge >= 0.3 is 0 Å². The van der Waals surface area contributed by atoms with Crippen LogP contribution in [-0.2, 0) is 0 Å². The fourth-order valence-electron chi connectivity index (χ4n) is 4.99. The molecule has 1 atom stereocenters. The summed E-state index contributed by atoms with van der Waals surface area (Å²) in [5.74, 6) is 1.99. The molecular formula is C29H33ClN4. The molecule has 0 spiro atoms. The number of hydrogen-bond acceptors (Lipinski definition) is 4. The van der Waals surface area contributed by atoms with Crippen molar-refractivity contribution >= 4 is 34.5 Å². The van der Waals surface area contributed by atoms with Crippen LogP contribution >= 0.6 is 11.6 Å². The molecule has 1 unspecified atom stereocenters. The van der Waals surface area contributed by atoms with Crippen LogP contribution in [-0.4, -0.2) is 23.1 Å². The summed E-state index contributed by atoms with van der Waals surface area (Å²) in [6.07, 6.45) is 7.59. The lowest BCUT2D eigenvalue weighted by atomic mass is 9.96. The lowest BCUT2D eigenvalue weighted by Crippen LogP contribution is -2.19. The van der Waals surface area contributed by atoms with E-state index >= 15 is 0 Å². The van der Waals surface area contributed by atoms with Crippen molar-refractivity contribution in [1.29, 1.82) is 0 Å². The normalized spacial score (nSPS) is 18.4. The molecule has 4 nitrogen and oxygen atoms in total. The van der Waals surface area contributed by atoms with Crippen LogP contribution in [0.1, 0.15) is 67.0 Å². The highest BCUT2D eigenvalue weighted by atomic mass is 35.5. The number of nitrogens with zero attached hydrogens (tertiary/aromatic N) is 3. The first-order valence-electron chi connectivity index (χ1n) is 12.3. The lowest BCUT2D eigenvalue weighted by Gasteiger charge is -2.21. The number of aryl methyl sites for hydroxylation is 2. The van der Waals surface area contributed by atoms with Crippen molar-refractivity contribution in [2.75, 3.05) is 23.3 Å². The predicted molar refractivity (Wildman–Crippen MR) is 143 cm³/mol. The van der Waals surface area contributed by atoms with Gasteiger partial charge in [-0.05, 0) is 86.8 Å². The van der Waals surface area contributed by atoms with Gasteiger partial charge in [-0.3, -0.25) is 0 Å². The average molecular weight is 473 g/mol. The van der Waals surface area contributed by atoms with E-state index in [9.17, 15) is 0 Å². The highest BCUT2D eigenvalue weighted by Crippen LogP contribution is 2.43. The topological polar surface area (TPSA) is 41.1 Å². The molecule has 2 aliphatic rings. The molecule has 3 aromatic rings. The number of aromatic nitrogens is 2. The Kier molecular flexibility index (Phi) is 6.35. The van der Waals surface area contributed by atoms with E-state index in [4.69, 9.17) is 16.6 Å². The zero-order valence-electron chi connectivity index (χ0n) is 20.5. The summed E-state index contributed by atoms with van der Waals surface area (Å²) in [5, 5.41) is 4.04. The summed E-state index contributed by atoms with van der Waals surface area (Å²) in [7, 11) is 0. The molecular weight excluding hydrogens is 440 g/mol. The summed E-state index contributed by atoms with van der Waals surface area (Å²) in [6, 6.07) is 13.4. The van der Waals surface area contributed by atoms with Gasteiger partial charge in [-0.25, -0.2) is 9.97 Å². The Bertz CT molecular complexity index is 1240. The Hall–Kier alpha value is -2.85. The van der Waals surface area contributed by atoms with Gasteiger partial charge in [-0.1, -0.05) is 48.4 Å². The van der Waals surface area contributed by atoms with E-state index in [1.807, 2.05) is 6.92 Å². The van der Waals surface area contributed by atoms with Gasteiger partial charge in [0.05, 0.1) is 16.9 Å². The molecule has 5 rings (SSSR count). The number of benzene rings is 2. The van der Waals surface area contributed by atoms with Crippen LogP contribution in [0.5, 0.6) is 0 Å². The molecule has 1 saturated carbocycles. The second kappa shape index (κ2) is 9.42. The van der Waals surface area contributed by atoms with Gasteiger partial charge in [-0.15, -0.1) is 0 Å². The van der Waals surface area contributed by atoms with Crippen LogP contribution in [0.2, 0.25) is 5.02 Å². The molecule has 34 heavy (non-hydrogen) atoms.